The molecule has 0 aliphatic carbocycles. The first-order chi connectivity index (χ1) is 6.82. The van der Waals surface area contributed by atoms with Gasteiger partial charge in [0.1, 0.15) is 11.9 Å². The second-order valence-electron chi connectivity index (χ2n) is 4.36. The molecule has 1 aliphatic heterocycles. The third-order valence-corrected chi connectivity index (χ3v) is 2.20. The fourth-order valence-corrected chi connectivity index (χ4v) is 1.45. The lowest BCUT2D eigenvalue weighted by molar-refractivity contribution is -0.131. The minimum atomic E-state index is -0.577. The molecule has 4 nitrogen and oxygen atoms in total. The SMILES string of the molecule is CC1OC(C)(C)OC1=CCC(=O)N(C)C. The average molecular weight is 213 g/mol. The predicted octanol–water partition coefficient (Wildman–Crippen LogP) is 1.52. The van der Waals surface area contributed by atoms with Crippen molar-refractivity contribution >= 4 is 5.91 Å². The molecule has 0 N–H and O–H groups in total. The van der Waals surface area contributed by atoms with Gasteiger partial charge in [-0.1, -0.05) is 0 Å². The summed E-state index contributed by atoms with van der Waals surface area (Å²) in [6, 6.07) is 0. The first-order valence-electron chi connectivity index (χ1n) is 5.09. The molecule has 0 saturated carbocycles. The first-order valence-corrected chi connectivity index (χ1v) is 5.09. The molecule has 1 fully saturated rings. The number of carbonyl (C=O) groups is 1. The molecule has 0 radical (unpaired) electrons. The maximum Gasteiger partial charge on any atom is 0.225 e. The zero-order valence-electron chi connectivity index (χ0n) is 10.0. The minimum absolute atomic E-state index is 0.0583. The average Bonchev–Trinajstić information content (AvgIpc) is 2.35. The molecule has 0 aromatic heterocycles. The molecule has 1 amide bonds. The van der Waals surface area contributed by atoms with E-state index in [2.05, 4.69) is 0 Å². The van der Waals surface area contributed by atoms with E-state index in [9.17, 15) is 4.79 Å². The summed E-state index contributed by atoms with van der Waals surface area (Å²) in [7, 11) is 3.47. The standard InChI is InChI=1S/C11H19NO3/c1-8-9(15-11(2,3)14-8)6-7-10(13)12(4)5/h6,8H,7H2,1-5H3. The Bertz CT molecular complexity index is 282. The lowest BCUT2D eigenvalue weighted by atomic mass is 10.2. The Morgan fingerprint density at radius 2 is 2.13 bits per heavy atom. The minimum Gasteiger partial charge on any atom is -0.465 e. The van der Waals surface area contributed by atoms with Gasteiger partial charge in [0.05, 0.1) is 0 Å². The third-order valence-electron chi connectivity index (χ3n) is 2.20. The zero-order chi connectivity index (χ0) is 11.6. The number of carbonyl (C=O) groups excluding carboxylic acids is 1. The molecule has 1 heterocycles. The molecule has 1 atom stereocenters. The quantitative estimate of drug-likeness (QED) is 0.698. The summed E-state index contributed by atoms with van der Waals surface area (Å²) < 4.78 is 11.1. The second-order valence-corrected chi connectivity index (χ2v) is 4.36. The van der Waals surface area contributed by atoms with Crippen LogP contribution in [-0.4, -0.2) is 36.8 Å². The highest BCUT2D eigenvalue weighted by Gasteiger charge is 2.34. The highest BCUT2D eigenvalue weighted by molar-refractivity contribution is 5.77. The Labute approximate surface area is 90.8 Å². The van der Waals surface area contributed by atoms with Crippen molar-refractivity contribution in [3.05, 3.63) is 11.8 Å². The molecular formula is C11H19NO3. The summed E-state index contributed by atoms with van der Waals surface area (Å²) in [6.07, 6.45) is 2.07. The maximum atomic E-state index is 11.4. The largest absolute Gasteiger partial charge is 0.465 e. The number of rotatable bonds is 2. The van der Waals surface area contributed by atoms with Crippen LogP contribution in [0.3, 0.4) is 0 Å². The molecule has 15 heavy (non-hydrogen) atoms. The number of amides is 1. The Morgan fingerprint density at radius 3 is 2.53 bits per heavy atom. The summed E-state index contributed by atoms with van der Waals surface area (Å²) in [5, 5.41) is 0. The van der Waals surface area contributed by atoms with Crippen LogP contribution in [0, 0.1) is 0 Å². The molecule has 0 bridgehead atoms. The van der Waals surface area contributed by atoms with Gasteiger partial charge < -0.3 is 14.4 Å². The van der Waals surface area contributed by atoms with Gasteiger partial charge in [-0.25, -0.2) is 0 Å². The normalized spacial score (nSPS) is 26.5. The molecule has 1 saturated heterocycles. The van der Waals surface area contributed by atoms with Crippen molar-refractivity contribution in [3.63, 3.8) is 0 Å². The van der Waals surface area contributed by atoms with Gasteiger partial charge in [-0.05, 0) is 13.0 Å². The van der Waals surface area contributed by atoms with E-state index in [0.717, 1.165) is 5.76 Å². The van der Waals surface area contributed by atoms with Gasteiger partial charge >= 0.3 is 0 Å². The van der Waals surface area contributed by atoms with E-state index in [1.54, 1.807) is 25.1 Å². The smallest absolute Gasteiger partial charge is 0.225 e. The summed E-state index contributed by atoms with van der Waals surface area (Å²) >= 11 is 0. The molecule has 4 heteroatoms. The van der Waals surface area contributed by atoms with Crippen molar-refractivity contribution < 1.29 is 14.3 Å². The van der Waals surface area contributed by atoms with Crippen molar-refractivity contribution in [2.75, 3.05) is 14.1 Å². The fraction of sp³-hybridized carbons (Fsp3) is 0.727. The van der Waals surface area contributed by atoms with Crippen LogP contribution in [0.25, 0.3) is 0 Å². The van der Waals surface area contributed by atoms with Gasteiger partial charge in [-0.3, -0.25) is 4.79 Å². The van der Waals surface area contributed by atoms with Gasteiger partial charge in [0, 0.05) is 34.4 Å². The molecule has 1 unspecified atom stereocenters. The Hall–Kier alpha value is -1.03. The van der Waals surface area contributed by atoms with E-state index in [1.807, 2.05) is 20.8 Å². The lowest BCUT2D eigenvalue weighted by Gasteiger charge is -2.15. The summed E-state index contributed by atoms with van der Waals surface area (Å²) in [5.41, 5.74) is 0. The number of hydrogen-bond donors (Lipinski definition) is 0. The monoisotopic (exact) mass is 213 g/mol. The molecule has 1 aliphatic rings. The van der Waals surface area contributed by atoms with Crippen LogP contribution in [0.5, 0.6) is 0 Å². The topological polar surface area (TPSA) is 38.8 Å². The number of nitrogens with zero attached hydrogens (tertiary/aromatic N) is 1. The van der Waals surface area contributed by atoms with Crippen LogP contribution in [0.4, 0.5) is 0 Å². The van der Waals surface area contributed by atoms with Gasteiger partial charge in [-0.2, -0.15) is 0 Å². The van der Waals surface area contributed by atoms with Gasteiger partial charge in [-0.15, -0.1) is 0 Å². The van der Waals surface area contributed by atoms with E-state index in [1.165, 1.54) is 0 Å². The van der Waals surface area contributed by atoms with Crippen LogP contribution >= 0.6 is 0 Å². The molecular weight excluding hydrogens is 194 g/mol. The Balaban J connectivity index is 2.58. The third kappa shape index (κ3) is 3.23. The van der Waals surface area contributed by atoms with Gasteiger partial charge in [0.25, 0.3) is 0 Å². The van der Waals surface area contributed by atoms with Crippen LogP contribution in [0.1, 0.15) is 27.2 Å². The fourth-order valence-electron chi connectivity index (χ4n) is 1.45. The lowest BCUT2D eigenvalue weighted by Crippen LogP contribution is -2.20. The van der Waals surface area contributed by atoms with Crippen molar-refractivity contribution in [2.45, 2.75) is 39.1 Å². The highest BCUT2D eigenvalue weighted by Crippen LogP contribution is 2.30. The summed E-state index contributed by atoms with van der Waals surface area (Å²) in [5.74, 6) is 0.227. The second kappa shape index (κ2) is 4.23. The summed E-state index contributed by atoms with van der Waals surface area (Å²) in [4.78, 5) is 12.9. The van der Waals surface area contributed by atoms with Crippen molar-refractivity contribution in [3.8, 4) is 0 Å². The van der Waals surface area contributed by atoms with Crippen molar-refractivity contribution in [2.24, 2.45) is 0 Å². The van der Waals surface area contributed by atoms with E-state index in [4.69, 9.17) is 9.47 Å². The molecule has 1 rings (SSSR count). The molecule has 0 aromatic carbocycles. The molecule has 86 valence electrons. The van der Waals surface area contributed by atoms with E-state index >= 15 is 0 Å². The van der Waals surface area contributed by atoms with Crippen LogP contribution in [0.2, 0.25) is 0 Å². The number of hydrogen-bond acceptors (Lipinski definition) is 3. The highest BCUT2D eigenvalue weighted by atomic mass is 16.7. The van der Waals surface area contributed by atoms with Crippen LogP contribution < -0.4 is 0 Å². The van der Waals surface area contributed by atoms with Crippen LogP contribution in [0.15, 0.2) is 11.8 Å². The molecule has 0 spiro atoms. The zero-order valence-corrected chi connectivity index (χ0v) is 10.0. The Morgan fingerprint density at radius 1 is 1.53 bits per heavy atom. The van der Waals surface area contributed by atoms with Gasteiger partial charge in [0.15, 0.2) is 0 Å². The van der Waals surface area contributed by atoms with Crippen molar-refractivity contribution in [1.82, 2.24) is 4.90 Å². The predicted molar refractivity (Wildman–Crippen MR) is 57.1 cm³/mol. The van der Waals surface area contributed by atoms with Gasteiger partial charge in [0.2, 0.25) is 11.7 Å². The maximum absolute atomic E-state index is 11.4. The summed E-state index contributed by atoms with van der Waals surface area (Å²) in [6.45, 7) is 5.64. The van der Waals surface area contributed by atoms with Crippen LogP contribution in [-0.2, 0) is 14.3 Å². The van der Waals surface area contributed by atoms with E-state index in [0.29, 0.717) is 6.42 Å². The van der Waals surface area contributed by atoms with Crippen molar-refractivity contribution in [1.29, 1.82) is 0 Å². The number of ether oxygens (including phenoxy) is 2. The van der Waals surface area contributed by atoms with E-state index in [-0.39, 0.29) is 12.0 Å². The Kier molecular flexibility index (Phi) is 3.39. The molecule has 0 aromatic rings. The van der Waals surface area contributed by atoms with E-state index < -0.39 is 5.79 Å². The first kappa shape index (κ1) is 12.0.